The fraction of sp³-hybridized carbons (Fsp3) is 0.524. The molecule has 5 heteroatoms. The highest BCUT2D eigenvalue weighted by Crippen LogP contribution is 2.32. The van der Waals surface area contributed by atoms with Crippen LogP contribution in [0, 0.1) is 11.8 Å². The Morgan fingerprint density at radius 3 is 2.69 bits per heavy atom. The van der Waals surface area contributed by atoms with Gasteiger partial charge in [0, 0.05) is 38.9 Å². The second-order valence-electron chi connectivity index (χ2n) is 7.64. The van der Waals surface area contributed by atoms with Crippen molar-refractivity contribution in [3.05, 3.63) is 53.9 Å². The van der Waals surface area contributed by atoms with Gasteiger partial charge in [-0.25, -0.2) is 0 Å². The lowest BCUT2D eigenvalue weighted by atomic mass is 9.88. The number of ether oxygens (including phenoxy) is 1. The molecule has 1 aliphatic heterocycles. The molecule has 4 rings (SSSR count). The highest BCUT2D eigenvalue weighted by atomic mass is 16.5. The topological polar surface area (TPSA) is 47.4 Å². The number of carbonyl (C=O) groups is 1. The molecule has 2 heterocycles. The van der Waals surface area contributed by atoms with Crippen LogP contribution in [0.5, 0.6) is 0 Å². The standard InChI is InChI=1S/C21H27N3O2/c1-23-19(9-11-22-23)21(25)24-12-10-20(26-15-17-7-8-17)18(14-24)13-16-5-3-2-4-6-16/h2-6,9,11,17-18,20H,7-8,10,12-15H2,1H3/t18-,20+/m1/s1. The third-order valence-corrected chi connectivity index (χ3v) is 5.58. The third kappa shape index (κ3) is 3.98. The number of benzene rings is 1. The van der Waals surface area contributed by atoms with Crippen molar-refractivity contribution in [2.75, 3.05) is 19.7 Å². The van der Waals surface area contributed by atoms with E-state index in [9.17, 15) is 4.79 Å². The zero-order chi connectivity index (χ0) is 17.9. The first-order valence-electron chi connectivity index (χ1n) is 9.63. The van der Waals surface area contributed by atoms with E-state index in [4.69, 9.17) is 4.74 Å². The Morgan fingerprint density at radius 2 is 2.00 bits per heavy atom. The second-order valence-corrected chi connectivity index (χ2v) is 7.64. The van der Waals surface area contributed by atoms with Crippen LogP contribution in [0.4, 0.5) is 0 Å². The Kier molecular flexibility index (Phi) is 5.07. The Morgan fingerprint density at radius 1 is 1.19 bits per heavy atom. The minimum Gasteiger partial charge on any atom is -0.377 e. The summed E-state index contributed by atoms with van der Waals surface area (Å²) in [7, 11) is 1.82. The third-order valence-electron chi connectivity index (χ3n) is 5.58. The first-order chi connectivity index (χ1) is 12.7. The minimum atomic E-state index is 0.0729. The van der Waals surface area contributed by atoms with E-state index < -0.39 is 0 Å². The van der Waals surface area contributed by atoms with Gasteiger partial charge in [0.05, 0.1) is 6.10 Å². The van der Waals surface area contributed by atoms with Crippen molar-refractivity contribution >= 4 is 5.91 Å². The van der Waals surface area contributed by atoms with Crippen LogP contribution < -0.4 is 0 Å². The highest BCUT2D eigenvalue weighted by molar-refractivity contribution is 5.92. The van der Waals surface area contributed by atoms with Gasteiger partial charge >= 0.3 is 0 Å². The van der Waals surface area contributed by atoms with Crippen molar-refractivity contribution in [2.45, 2.75) is 31.8 Å². The number of piperidine rings is 1. The summed E-state index contributed by atoms with van der Waals surface area (Å²) < 4.78 is 7.94. The van der Waals surface area contributed by atoms with Crippen molar-refractivity contribution in [2.24, 2.45) is 18.9 Å². The second kappa shape index (κ2) is 7.62. The molecule has 0 bridgehead atoms. The zero-order valence-electron chi connectivity index (χ0n) is 15.4. The summed E-state index contributed by atoms with van der Waals surface area (Å²) in [5.41, 5.74) is 1.97. The largest absolute Gasteiger partial charge is 0.377 e. The maximum absolute atomic E-state index is 12.9. The predicted molar refractivity (Wildman–Crippen MR) is 99.8 cm³/mol. The number of rotatable bonds is 6. The number of aryl methyl sites for hydroxylation is 1. The van der Waals surface area contributed by atoms with E-state index in [-0.39, 0.29) is 12.0 Å². The van der Waals surface area contributed by atoms with Crippen molar-refractivity contribution in [1.82, 2.24) is 14.7 Å². The molecule has 2 atom stereocenters. The average Bonchev–Trinajstić information content (AvgIpc) is 3.40. The van der Waals surface area contributed by atoms with Gasteiger partial charge in [-0.05, 0) is 43.2 Å². The van der Waals surface area contributed by atoms with Crippen LogP contribution in [0.3, 0.4) is 0 Å². The van der Waals surface area contributed by atoms with E-state index in [0.717, 1.165) is 38.5 Å². The molecule has 2 fully saturated rings. The number of nitrogens with zero attached hydrogens (tertiary/aromatic N) is 3. The lowest BCUT2D eigenvalue weighted by Crippen LogP contribution is -2.48. The predicted octanol–water partition coefficient (Wildman–Crippen LogP) is 2.92. The summed E-state index contributed by atoms with van der Waals surface area (Å²) in [6.07, 6.45) is 6.40. The molecule has 1 aromatic carbocycles. The SMILES string of the molecule is Cn1nccc1C(=O)N1CC[C@H](OCC2CC2)[C@H](Cc2ccccc2)C1. The van der Waals surface area contributed by atoms with E-state index in [1.165, 1.54) is 18.4 Å². The Balaban J connectivity index is 1.46. The minimum absolute atomic E-state index is 0.0729. The molecule has 2 aliphatic rings. The number of likely N-dealkylation sites (tertiary alicyclic amines) is 1. The van der Waals surface area contributed by atoms with Crippen molar-refractivity contribution in [1.29, 1.82) is 0 Å². The Labute approximate surface area is 154 Å². The van der Waals surface area contributed by atoms with Gasteiger partial charge in [-0.15, -0.1) is 0 Å². The molecular formula is C21H27N3O2. The Bertz CT molecular complexity index is 739. The maximum Gasteiger partial charge on any atom is 0.272 e. The summed E-state index contributed by atoms with van der Waals surface area (Å²) in [5, 5.41) is 4.13. The first-order valence-corrected chi connectivity index (χ1v) is 9.63. The fourth-order valence-electron chi connectivity index (χ4n) is 3.82. The number of hydrogen-bond acceptors (Lipinski definition) is 3. The molecule has 0 spiro atoms. The summed E-state index contributed by atoms with van der Waals surface area (Å²) in [5.74, 6) is 1.17. The van der Waals surface area contributed by atoms with Gasteiger partial charge in [0.2, 0.25) is 0 Å². The summed E-state index contributed by atoms with van der Waals surface area (Å²) in [6, 6.07) is 12.3. The van der Waals surface area contributed by atoms with E-state index in [1.807, 2.05) is 18.0 Å². The molecule has 26 heavy (non-hydrogen) atoms. The molecule has 1 aromatic heterocycles. The smallest absolute Gasteiger partial charge is 0.272 e. The summed E-state index contributed by atoms with van der Waals surface area (Å²) in [6.45, 7) is 2.38. The lowest BCUT2D eigenvalue weighted by molar-refractivity contribution is -0.0327. The molecule has 0 radical (unpaired) electrons. The van der Waals surface area contributed by atoms with Crippen LogP contribution in [0.15, 0.2) is 42.6 Å². The lowest BCUT2D eigenvalue weighted by Gasteiger charge is -2.38. The van der Waals surface area contributed by atoms with Crippen LogP contribution in [-0.2, 0) is 18.2 Å². The van der Waals surface area contributed by atoms with E-state index in [0.29, 0.717) is 11.6 Å². The molecular weight excluding hydrogens is 326 g/mol. The molecule has 1 aliphatic carbocycles. The van der Waals surface area contributed by atoms with Gasteiger partial charge in [0.25, 0.3) is 5.91 Å². The molecule has 0 N–H and O–H groups in total. The normalized spacial score (nSPS) is 23.2. The van der Waals surface area contributed by atoms with Crippen LogP contribution in [0.25, 0.3) is 0 Å². The monoisotopic (exact) mass is 353 g/mol. The van der Waals surface area contributed by atoms with E-state index >= 15 is 0 Å². The van der Waals surface area contributed by atoms with Crippen molar-refractivity contribution < 1.29 is 9.53 Å². The number of aromatic nitrogens is 2. The molecule has 1 saturated heterocycles. The average molecular weight is 353 g/mol. The molecule has 138 valence electrons. The van der Waals surface area contributed by atoms with Gasteiger partial charge in [0.15, 0.2) is 0 Å². The van der Waals surface area contributed by atoms with Gasteiger partial charge in [0.1, 0.15) is 5.69 Å². The van der Waals surface area contributed by atoms with Gasteiger partial charge < -0.3 is 9.64 Å². The van der Waals surface area contributed by atoms with Crippen LogP contribution in [0.1, 0.15) is 35.3 Å². The summed E-state index contributed by atoms with van der Waals surface area (Å²) >= 11 is 0. The molecule has 1 amide bonds. The molecule has 1 saturated carbocycles. The molecule has 5 nitrogen and oxygen atoms in total. The molecule has 2 aromatic rings. The maximum atomic E-state index is 12.9. The van der Waals surface area contributed by atoms with Gasteiger partial charge in [-0.1, -0.05) is 30.3 Å². The van der Waals surface area contributed by atoms with E-state index in [2.05, 4.69) is 29.4 Å². The number of carbonyl (C=O) groups excluding carboxylic acids is 1. The fourth-order valence-corrected chi connectivity index (χ4v) is 3.82. The van der Waals surface area contributed by atoms with Crippen molar-refractivity contribution in [3.8, 4) is 0 Å². The summed E-state index contributed by atoms with van der Waals surface area (Å²) in [4.78, 5) is 14.9. The van der Waals surface area contributed by atoms with Crippen LogP contribution >= 0.6 is 0 Å². The molecule has 0 unspecified atom stereocenters. The van der Waals surface area contributed by atoms with Crippen LogP contribution in [0.2, 0.25) is 0 Å². The van der Waals surface area contributed by atoms with Gasteiger partial charge in [-0.3, -0.25) is 9.48 Å². The zero-order valence-corrected chi connectivity index (χ0v) is 15.4. The Hall–Kier alpha value is -2.14. The first kappa shape index (κ1) is 17.3. The highest BCUT2D eigenvalue weighted by Gasteiger charge is 2.34. The van der Waals surface area contributed by atoms with Crippen LogP contribution in [-0.4, -0.2) is 46.4 Å². The van der Waals surface area contributed by atoms with Crippen molar-refractivity contribution in [3.63, 3.8) is 0 Å². The quantitative estimate of drug-likeness (QED) is 0.802. The number of amides is 1. The number of hydrogen-bond donors (Lipinski definition) is 0. The van der Waals surface area contributed by atoms with E-state index in [1.54, 1.807) is 16.9 Å². The van der Waals surface area contributed by atoms with Gasteiger partial charge in [-0.2, -0.15) is 5.10 Å².